The predicted molar refractivity (Wildman–Crippen MR) is 89.8 cm³/mol. The fraction of sp³-hybridized carbons (Fsp3) is 0.389. The largest absolute Gasteiger partial charge is 0.367 e. The van der Waals surface area contributed by atoms with Crippen molar-refractivity contribution in [2.75, 3.05) is 18.0 Å². The average molecular weight is 342 g/mol. The molecule has 6 nitrogen and oxygen atoms in total. The van der Waals surface area contributed by atoms with Gasteiger partial charge in [-0.05, 0) is 37.1 Å². The zero-order valence-corrected chi connectivity index (χ0v) is 14.0. The van der Waals surface area contributed by atoms with Gasteiger partial charge >= 0.3 is 0 Å². The third kappa shape index (κ3) is 3.14. The predicted octanol–water partition coefficient (Wildman–Crippen LogP) is 3.81. The molecule has 1 fully saturated rings. The van der Waals surface area contributed by atoms with Crippen LogP contribution in [-0.2, 0) is 6.42 Å². The molecule has 1 unspecified atom stereocenters. The quantitative estimate of drug-likeness (QED) is 0.718. The van der Waals surface area contributed by atoms with Gasteiger partial charge < -0.3 is 13.9 Å². The SMILES string of the molecule is CCc1oncc1N1CCCC(c2nc(-c3ccc(F)cc3)no2)C1. The monoisotopic (exact) mass is 342 g/mol. The van der Waals surface area contributed by atoms with E-state index in [1.165, 1.54) is 12.1 Å². The molecular formula is C18H19FN4O2. The van der Waals surface area contributed by atoms with E-state index in [-0.39, 0.29) is 11.7 Å². The van der Waals surface area contributed by atoms with E-state index in [0.29, 0.717) is 11.7 Å². The molecule has 3 heterocycles. The third-order valence-electron chi connectivity index (χ3n) is 4.60. The minimum atomic E-state index is -0.282. The van der Waals surface area contributed by atoms with Gasteiger partial charge in [0.1, 0.15) is 11.5 Å². The minimum Gasteiger partial charge on any atom is -0.367 e. The van der Waals surface area contributed by atoms with E-state index in [0.717, 1.165) is 49.4 Å². The highest BCUT2D eigenvalue weighted by molar-refractivity contribution is 5.54. The lowest BCUT2D eigenvalue weighted by Crippen LogP contribution is -2.34. The second-order valence-electron chi connectivity index (χ2n) is 6.24. The van der Waals surface area contributed by atoms with Gasteiger partial charge in [0.15, 0.2) is 5.76 Å². The zero-order chi connectivity index (χ0) is 17.2. The first-order chi connectivity index (χ1) is 12.2. The summed E-state index contributed by atoms with van der Waals surface area (Å²) in [6.45, 7) is 3.81. The fourth-order valence-corrected chi connectivity index (χ4v) is 3.28. The maximum absolute atomic E-state index is 13.1. The van der Waals surface area contributed by atoms with Crippen molar-refractivity contribution in [3.63, 3.8) is 0 Å². The first-order valence-corrected chi connectivity index (χ1v) is 8.52. The van der Waals surface area contributed by atoms with Gasteiger partial charge in [0.05, 0.1) is 12.1 Å². The normalized spacial score (nSPS) is 17.8. The van der Waals surface area contributed by atoms with Crippen LogP contribution < -0.4 is 4.90 Å². The number of aromatic nitrogens is 3. The molecule has 0 saturated carbocycles. The van der Waals surface area contributed by atoms with E-state index in [4.69, 9.17) is 9.05 Å². The van der Waals surface area contributed by atoms with Crippen LogP contribution in [0.5, 0.6) is 0 Å². The van der Waals surface area contributed by atoms with Crippen molar-refractivity contribution in [3.05, 3.63) is 47.9 Å². The molecule has 0 N–H and O–H groups in total. The zero-order valence-electron chi connectivity index (χ0n) is 14.0. The van der Waals surface area contributed by atoms with Crippen LogP contribution in [0.2, 0.25) is 0 Å². The average Bonchev–Trinajstić information content (AvgIpc) is 3.32. The number of piperidine rings is 1. The Bertz CT molecular complexity index is 843. The van der Waals surface area contributed by atoms with Crippen molar-refractivity contribution in [3.8, 4) is 11.4 Å². The summed E-state index contributed by atoms with van der Waals surface area (Å²) >= 11 is 0. The molecule has 1 saturated heterocycles. The van der Waals surface area contributed by atoms with Gasteiger partial charge in [0.25, 0.3) is 0 Å². The van der Waals surface area contributed by atoms with Crippen molar-refractivity contribution >= 4 is 5.69 Å². The third-order valence-corrected chi connectivity index (χ3v) is 4.60. The number of halogens is 1. The lowest BCUT2D eigenvalue weighted by atomic mass is 9.97. The summed E-state index contributed by atoms with van der Waals surface area (Å²) in [6.07, 6.45) is 4.62. The first-order valence-electron chi connectivity index (χ1n) is 8.52. The Hall–Kier alpha value is -2.70. The van der Waals surface area contributed by atoms with E-state index in [1.54, 1.807) is 18.3 Å². The molecule has 1 aliphatic rings. The van der Waals surface area contributed by atoms with Crippen LogP contribution in [0.1, 0.15) is 37.3 Å². The standard InChI is InChI=1S/C18H19FN4O2/c1-2-16-15(10-20-24-16)23-9-3-4-13(11-23)18-21-17(22-25-18)12-5-7-14(19)8-6-12/h5-8,10,13H,2-4,9,11H2,1H3. The molecule has 3 aromatic rings. The van der Waals surface area contributed by atoms with Gasteiger partial charge in [-0.2, -0.15) is 4.98 Å². The van der Waals surface area contributed by atoms with Gasteiger partial charge in [-0.3, -0.25) is 0 Å². The number of anilines is 1. The lowest BCUT2D eigenvalue weighted by molar-refractivity contribution is 0.333. The minimum absolute atomic E-state index is 0.162. The van der Waals surface area contributed by atoms with E-state index in [1.807, 2.05) is 0 Å². The van der Waals surface area contributed by atoms with Crippen molar-refractivity contribution in [2.24, 2.45) is 0 Å². The number of hydrogen-bond acceptors (Lipinski definition) is 6. The summed E-state index contributed by atoms with van der Waals surface area (Å²) in [5.41, 5.74) is 1.79. The molecule has 25 heavy (non-hydrogen) atoms. The van der Waals surface area contributed by atoms with Crippen molar-refractivity contribution in [1.82, 2.24) is 15.3 Å². The van der Waals surface area contributed by atoms with E-state index in [9.17, 15) is 4.39 Å². The number of benzene rings is 1. The van der Waals surface area contributed by atoms with Crippen LogP contribution in [0.15, 0.2) is 39.5 Å². The summed E-state index contributed by atoms with van der Waals surface area (Å²) in [5.74, 6) is 1.90. The molecular weight excluding hydrogens is 323 g/mol. The van der Waals surface area contributed by atoms with Crippen molar-refractivity contribution in [1.29, 1.82) is 0 Å². The summed E-state index contributed by atoms with van der Waals surface area (Å²) < 4.78 is 23.9. The van der Waals surface area contributed by atoms with Crippen LogP contribution in [0.25, 0.3) is 11.4 Å². The summed E-state index contributed by atoms with van der Waals surface area (Å²) in [4.78, 5) is 6.80. The Labute approximate surface area is 144 Å². The maximum Gasteiger partial charge on any atom is 0.231 e. The second kappa shape index (κ2) is 6.66. The lowest BCUT2D eigenvalue weighted by Gasteiger charge is -2.31. The van der Waals surface area contributed by atoms with Gasteiger partial charge in [0.2, 0.25) is 11.7 Å². The number of aryl methyl sites for hydroxylation is 1. The summed E-state index contributed by atoms with van der Waals surface area (Å²) in [5, 5.41) is 7.97. The Morgan fingerprint density at radius 2 is 2.08 bits per heavy atom. The highest BCUT2D eigenvalue weighted by Crippen LogP contribution is 2.32. The number of rotatable bonds is 4. The van der Waals surface area contributed by atoms with Crippen molar-refractivity contribution < 1.29 is 13.4 Å². The molecule has 7 heteroatoms. The first kappa shape index (κ1) is 15.8. The van der Waals surface area contributed by atoms with Crippen LogP contribution in [0.4, 0.5) is 10.1 Å². The second-order valence-corrected chi connectivity index (χ2v) is 6.24. The Morgan fingerprint density at radius 3 is 2.88 bits per heavy atom. The molecule has 0 radical (unpaired) electrons. The topological polar surface area (TPSA) is 68.2 Å². The fourth-order valence-electron chi connectivity index (χ4n) is 3.28. The molecule has 0 amide bonds. The molecule has 1 aromatic carbocycles. The summed E-state index contributed by atoms with van der Waals surface area (Å²) in [6, 6.07) is 6.10. The van der Waals surface area contributed by atoms with Crippen molar-refractivity contribution in [2.45, 2.75) is 32.1 Å². The van der Waals surface area contributed by atoms with E-state index in [2.05, 4.69) is 27.1 Å². The van der Waals surface area contributed by atoms with E-state index < -0.39 is 0 Å². The van der Waals surface area contributed by atoms with Gasteiger partial charge in [-0.15, -0.1) is 0 Å². The maximum atomic E-state index is 13.1. The summed E-state index contributed by atoms with van der Waals surface area (Å²) in [7, 11) is 0. The number of nitrogens with zero attached hydrogens (tertiary/aromatic N) is 4. The van der Waals surface area contributed by atoms with Gasteiger partial charge in [-0.25, -0.2) is 4.39 Å². The van der Waals surface area contributed by atoms with E-state index >= 15 is 0 Å². The molecule has 130 valence electrons. The number of hydrogen-bond donors (Lipinski definition) is 0. The smallest absolute Gasteiger partial charge is 0.231 e. The molecule has 4 rings (SSSR count). The Morgan fingerprint density at radius 1 is 1.24 bits per heavy atom. The Balaban J connectivity index is 1.53. The molecule has 2 aromatic heterocycles. The van der Waals surface area contributed by atoms with Gasteiger partial charge in [0, 0.05) is 25.1 Å². The molecule has 1 aliphatic heterocycles. The Kier molecular flexibility index (Phi) is 4.21. The van der Waals surface area contributed by atoms with Crippen LogP contribution in [0, 0.1) is 5.82 Å². The highest BCUT2D eigenvalue weighted by atomic mass is 19.1. The molecule has 0 bridgehead atoms. The van der Waals surface area contributed by atoms with Crippen LogP contribution >= 0.6 is 0 Å². The van der Waals surface area contributed by atoms with Crippen LogP contribution in [0.3, 0.4) is 0 Å². The highest BCUT2D eigenvalue weighted by Gasteiger charge is 2.28. The molecule has 0 aliphatic carbocycles. The molecule has 1 atom stereocenters. The van der Waals surface area contributed by atoms with Crippen LogP contribution in [-0.4, -0.2) is 28.4 Å². The van der Waals surface area contributed by atoms with Gasteiger partial charge in [-0.1, -0.05) is 17.2 Å². The molecule has 0 spiro atoms.